The first kappa shape index (κ1) is 22.5. The Labute approximate surface area is 188 Å². The molecule has 1 aliphatic heterocycles. The molecule has 1 aliphatic rings. The second-order valence-corrected chi connectivity index (χ2v) is 7.64. The van der Waals surface area contributed by atoms with E-state index in [1.54, 1.807) is 25.3 Å². The number of rotatable bonds is 7. The van der Waals surface area contributed by atoms with Crippen molar-refractivity contribution in [1.29, 1.82) is 5.26 Å². The molecule has 3 rings (SSSR count). The van der Waals surface area contributed by atoms with Gasteiger partial charge < -0.3 is 19.7 Å². The molecule has 2 aromatic rings. The lowest BCUT2D eigenvalue weighted by Gasteiger charge is -2.33. The van der Waals surface area contributed by atoms with E-state index in [1.165, 1.54) is 6.08 Å². The van der Waals surface area contributed by atoms with Gasteiger partial charge in [-0.1, -0.05) is 11.6 Å². The summed E-state index contributed by atoms with van der Waals surface area (Å²) in [7, 11) is 1.55. The van der Waals surface area contributed by atoms with Gasteiger partial charge in [-0.2, -0.15) is 5.26 Å². The highest BCUT2D eigenvalue weighted by Gasteiger charge is 2.20. The van der Waals surface area contributed by atoms with Crippen LogP contribution in [-0.2, 0) is 4.79 Å². The summed E-state index contributed by atoms with van der Waals surface area (Å²) in [6, 6.07) is 13.4. The standard InChI is InChI=1S/C24H26ClN3O3/c1-3-31-24-21(25)14-18(15-22(24)30-2)6-9-23(29)27-19-10-12-28(13-11-19)20-7-4-17(16-26)5-8-20/h4-9,14-15,19H,3,10-13H2,1-2H3,(H,27,29)/b9-6+. The fourth-order valence-electron chi connectivity index (χ4n) is 3.57. The number of ether oxygens (including phenoxy) is 2. The SMILES string of the molecule is CCOc1c(Cl)cc(/C=C/C(=O)NC2CCN(c3ccc(C#N)cc3)CC2)cc1OC. The fourth-order valence-corrected chi connectivity index (χ4v) is 3.84. The van der Waals surface area contributed by atoms with Gasteiger partial charge in [0.15, 0.2) is 11.5 Å². The van der Waals surface area contributed by atoms with Gasteiger partial charge in [0.25, 0.3) is 0 Å². The van der Waals surface area contributed by atoms with E-state index < -0.39 is 0 Å². The molecule has 0 bridgehead atoms. The van der Waals surface area contributed by atoms with E-state index in [0.717, 1.165) is 37.2 Å². The number of benzene rings is 2. The zero-order valence-corrected chi connectivity index (χ0v) is 18.5. The van der Waals surface area contributed by atoms with Gasteiger partial charge >= 0.3 is 0 Å². The molecule has 0 unspecified atom stereocenters. The maximum absolute atomic E-state index is 12.4. The Hall–Kier alpha value is -3.17. The van der Waals surface area contributed by atoms with E-state index in [2.05, 4.69) is 16.3 Å². The molecular formula is C24H26ClN3O3. The molecule has 7 heteroatoms. The Bertz CT molecular complexity index is 975. The summed E-state index contributed by atoms with van der Waals surface area (Å²) in [6.07, 6.45) is 4.95. The highest BCUT2D eigenvalue weighted by Crippen LogP contribution is 2.36. The normalized spacial score (nSPS) is 14.3. The summed E-state index contributed by atoms with van der Waals surface area (Å²) in [4.78, 5) is 14.7. The molecule has 0 aliphatic carbocycles. The number of anilines is 1. The van der Waals surface area contributed by atoms with E-state index in [4.69, 9.17) is 26.3 Å². The second-order valence-electron chi connectivity index (χ2n) is 7.23. The summed E-state index contributed by atoms with van der Waals surface area (Å²) in [5.41, 5.74) is 2.52. The molecule has 0 radical (unpaired) electrons. The first-order chi connectivity index (χ1) is 15.0. The molecule has 162 valence electrons. The van der Waals surface area contributed by atoms with Crippen LogP contribution in [0.25, 0.3) is 6.08 Å². The molecule has 1 heterocycles. The van der Waals surface area contributed by atoms with E-state index in [0.29, 0.717) is 28.7 Å². The van der Waals surface area contributed by atoms with Crippen molar-refractivity contribution in [2.45, 2.75) is 25.8 Å². The Morgan fingerprint density at radius 1 is 1.29 bits per heavy atom. The largest absolute Gasteiger partial charge is 0.493 e. The lowest BCUT2D eigenvalue weighted by atomic mass is 10.0. The summed E-state index contributed by atoms with van der Waals surface area (Å²) < 4.78 is 10.9. The highest BCUT2D eigenvalue weighted by atomic mass is 35.5. The molecule has 31 heavy (non-hydrogen) atoms. The third-order valence-corrected chi connectivity index (χ3v) is 5.45. The number of methoxy groups -OCH3 is 1. The van der Waals surface area contributed by atoms with Crippen molar-refractivity contribution in [3.8, 4) is 17.6 Å². The number of nitriles is 1. The van der Waals surface area contributed by atoms with E-state index in [-0.39, 0.29) is 11.9 Å². The van der Waals surface area contributed by atoms with Crippen molar-refractivity contribution in [2.75, 3.05) is 31.7 Å². The number of carbonyl (C=O) groups is 1. The zero-order chi connectivity index (χ0) is 22.2. The fraction of sp³-hybridized carbons (Fsp3) is 0.333. The Kier molecular flexibility index (Phi) is 7.80. The molecule has 0 spiro atoms. The van der Waals surface area contributed by atoms with Crippen LogP contribution in [-0.4, -0.2) is 38.8 Å². The third-order valence-electron chi connectivity index (χ3n) is 5.17. The van der Waals surface area contributed by atoms with Crippen LogP contribution in [0.2, 0.25) is 5.02 Å². The minimum atomic E-state index is -0.138. The van der Waals surface area contributed by atoms with Crippen LogP contribution in [0.3, 0.4) is 0 Å². The average molecular weight is 440 g/mol. The topological polar surface area (TPSA) is 74.6 Å². The van der Waals surface area contributed by atoms with E-state index in [1.807, 2.05) is 31.2 Å². The van der Waals surface area contributed by atoms with Crippen LogP contribution in [0.15, 0.2) is 42.5 Å². The highest BCUT2D eigenvalue weighted by molar-refractivity contribution is 6.32. The Balaban J connectivity index is 1.54. The van der Waals surface area contributed by atoms with Crippen LogP contribution in [0.5, 0.6) is 11.5 Å². The predicted octanol–water partition coefficient (Wildman–Crippen LogP) is 4.42. The Morgan fingerprint density at radius 2 is 2.00 bits per heavy atom. The van der Waals surface area contributed by atoms with Crippen molar-refractivity contribution >= 4 is 29.3 Å². The molecule has 0 aromatic heterocycles. The Morgan fingerprint density at radius 3 is 2.61 bits per heavy atom. The summed E-state index contributed by atoms with van der Waals surface area (Å²) in [5.74, 6) is 0.896. The first-order valence-corrected chi connectivity index (χ1v) is 10.7. The van der Waals surface area contributed by atoms with Gasteiger partial charge in [-0.15, -0.1) is 0 Å². The quantitative estimate of drug-likeness (QED) is 0.646. The average Bonchev–Trinajstić information content (AvgIpc) is 2.80. The molecular weight excluding hydrogens is 414 g/mol. The summed E-state index contributed by atoms with van der Waals surface area (Å²) in [5, 5.41) is 12.4. The van der Waals surface area contributed by atoms with Crippen LogP contribution >= 0.6 is 11.6 Å². The molecule has 6 nitrogen and oxygen atoms in total. The molecule has 1 fully saturated rings. The van der Waals surface area contributed by atoms with Gasteiger partial charge in [0.05, 0.1) is 30.4 Å². The zero-order valence-electron chi connectivity index (χ0n) is 17.7. The molecule has 1 amide bonds. The van der Waals surface area contributed by atoms with Crippen LogP contribution < -0.4 is 19.7 Å². The summed E-state index contributed by atoms with van der Waals surface area (Å²) >= 11 is 6.28. The number of halogens is 1. The van der Waals surface area contributed by atoms with Gasteiger partial charge in [0.1, 0.15) is 0 Å². The number of hydrogen-bond donors (Lipinski definition) is 1. The van der Waals surface area contributed by atoms with Crippen molar-refractivity contribution in [2.24, 2.45) is 0 Å². The molecule has 0 atom stereocenters. The van der Waals surface area contributed by atoms with Crippen LogP contribution in [0, 0.1) is 11.3 Å². The molecule has 1 saturated heterocycles. The molecule has 0 saturated carbocycles. The number of piperidine rings is 1. The number of nitrogens with zero attached hydrogens (tertiary/aromatic N) is 2. The van der Waals surface area contributed by atoms with Crippen molar-refractivity contribution in [1.82, 2.24) is 5.32 Å². The predicted molar refractivity (Wildman–Crippen MR) is 123 cm³/mol. The molecule has 1 N–H and O–H groups in total. The third kappa shape index (κ3) is 5.93. The van der Waals surface area contributed by atoms with Gasteiger partial charge in [0.2, 0.25) is 5.91 Å². The molecule has 2 aromatic carbocycles. The lowest BCUT2D eigenvalue weighted by molar-refractivity contribution is -0.117. The minimum Gasteiger partial charge on any atom is -0.493 e. The van der Waals surface area contributed by atoms with Crippen molar-refractivity contribution in [3.63, 3.8) is 0 Å². The van der Waals surface area contributed by atoms with Gasteiger partial charge in [0, 0.05) is 30.9 Å². The van der Waals surface area contributed by atoms with Crippen molar-refractivity contribution in [3.05, 3.63) is 58.6 Å². The van der Waals surface area contributed by atoms with E-state index >= 15 is 0 Å². The number of amides is 1. The maximum atomic E-state index is 12.4. The number of hydrogen-bond acceptors (Lipinski definition) is 5. The lowest BCUT2D eigenvalue weighted by Crippen LogP contribution is -2.44. The second kappa shape index (κ2) is 10.7. The monoisotopic (exact) mass is 439 g/mol. The van der Waals surface area contributed by atoms with Crippen LogP contribution in [0.1, 0.15) is 30.9 Å². The van der Waals surface area contributed by atoms with Gasteiger partial charge in [-0.05, 0) is 67.8 Å². The maximum Gasteiger partial charge on any atom is 0.244 e. The first-order valence-electron chi connectivity index (χ1n) is 10.3. The smallest absolute Gasteiger partial charge is 0.244 e. The summed E-state index contributed by atoms with van der Waals surface area (Å²) in [6.45, 7) is 4.07. The van der Waals surface area contributed by atoms with Gasteiger partial charge in [-0.25, -0.2) is 0 Å². The number of nitrogens with one attached hydrogen (secondary N) is 1. The van der Waals surface area contributed by atoms with Crippen LogP contribution in [0.4, 0.5) is 5.69 Å². The number of carbonyl (C=O) groups excluding carboxylic acids is 1. The van der Waals surface area contributed by atoms with Gasteiger partial charge in [-0.3, -0.25) is 4.79 Å². The minimum absolute atomic E-state index is 0.130. The van der Waals surface area contributed by atoms with Crippen molar-refractivity contribution < 1.29 is 14.3 Å². The van der Waals surface area contributed by atoms with E-state index in [9.17, 15) is 4.79 Å².